The van der Waals surface area contributed by atoms with E-state index in [-0.39, 0.29) is 11.8 Å². The maximum absolute atomic E-state index is 13.6. The quantitative estimate of drug-likeness (QED) is 0.695. The minimum absolute atomic E-state index is 0.179. The number of amides is 1. The molecule has 7 heteroatoms. The van der Waals surface area contributed by atoms with Gasteiger partial charge in [-0.05, 0) is 49.1 Å². The van der Waals surface area contributed by atoms with Crippen LogP contribution in [-0.4, -0.2) is 67.5 Å². The zero-order valence-electron chi connectivity index (χ0n) is 18.7. The SMILES string of the molecule is CC1C=CC2=C1C(N1CCN(C(=O)C(CNCC3CC3)c3ccc(Cl)cc3)CC1)=NCN2. The zero-order valence-corrected chi connectivity index (χ0v) is 19.4. The van der Waals surface area contributed by atoms with E-state index in [4.69, 9.17) is 16.6 Å². The second kappa shape index (κ2) is 9.28. The Labute approximate surface area is 195 Å². The van der Waals surface area contributed by atoms with Crippen molar-refractivity contribution in [3.05, 3.63) is 58.3 Å². The fourth-order valence-electron chi connectivity index (χ4n) is 4.86. The molecule has 1 aromatic carbocycles. The van der Waals surface area contributed by atoms with Crippen LogP contribution >= 0.6 is 11.6 Å². The van der Waals surface area contributed by atoms with E-state index in [0.29, 0.717) is 24.2 Å². The Morgan fingerprint density at radius 1 is 1.22 bits per heavy atom. The molecule has 1 saturated carbocycles. The van der Waals surface area contributed by atoms with Gasteiger partial charge in [0.15, 0.2) is 0 Å². The monoisotopic (exact) mass is 453 g/mol. The van der Waals surface area contributed by atoms with Gasteiger partial charge in [0, 0.05) is 54.9 Å². The first kappa shape index (κ1) is 21.5. The third-order valence-electron chi connectivity index (χ3n) is 6.98. The summed E-state index contributed by atoms with van der Waals surface area (Å²) < 4.78 is 0. The third kappa shape index (κ3) is 4.57. The molecule has 5 rings (SSSR count). The van der Waals surface area contributed by atoms with Crippen LogP contribution in [0.1, 0.15) is 31.2 Å². The van der Waals surface area contributed by atoms with Gasteiger partial charge in [-0.1, -0.05) is 36.7 Å². The molecule has 2 aliphatic heterocycles. The van der Waals surface area contributed by atoms with Gasteiger partial charge in [0.1, 0.15) is 12.5 Å². The minimum Gasteiger partial charge on any atom is -0.366 e. The molecular formula is C25H32ClN5O. The largest absolute Gasteiger partial charge is 0.366 e. The number of nitrogens with zero attached hydrogens (tertiary/aromatic N) is 3. The molecule has 2 fully saturated rings. The second-order valence-corrected chi connectivity index (χ2v) is 9.75. The number of amidine groups is 1. The molecule has 2 unspecified atom stereocenters. The number of halogens is 1. The number of carbonyl (C=O) groups excluding carboxylic acids is 1. The summed E-state index contributed by atoms with van der Waals surface area (Å²) in [5.74, 6) is 2.30. The second-order valence-electron chi connectivity index (χ2n) is 9.31. The average Bonchev–Trinajstić information content (AvgIpc) is 3.57. The molecule has 32 heavy (non-hydrogen) atoms. The summed E-state index contributed by atoms with van der Waals surface area (Å²) >= 11 is 6.10. The Kier molecular flexibility index (Phi) is 6.24. The Morgan fingerprint density at radius 3 is 2.69 bits per heavy atom. The molecule has 2 atom stereocenters. The normalized spacial score (nSPS) is 23.7. The number of piperazine rings is 1. The van der Waals surface area contributed by atoms with Crippen LogP contribution in [-0.2, 0) is 4.79 Å². The Balaban J connectivity index is 1.24. The molecule has 1 aromatic rings. The molecule has 0 aromatic heterocycles. The van der Waals surface area contributed by atoms with Crippen molar-refractivity contribution in [2.75, 3.05) is 45.9 Å². The number of aliphatic imine (C=N–C) groups is 1. The minimum atomic E-state index is -0.179. The van der Waals surface area contributed by atoms with Gasteiger partial charge in [0.2, 0.25) is 5.91 Å². The number of carbonyl (C=O) groups is 1. The van der Waals surface area contributed by atoms with E-state index >= 15 is 0 Å². The highest BCUT2D eigenvalue weighted by Gasteiger charge is 2.33. The van der Waals surface area contributed by atoms with Crippen molar-refractivity contribution in [3.63, 3.8) is 0 Å². The Morgan fingerprint density at radius 2 is 1.97 bits per heavy atom. The average molecular weight is 454 g/mol. The van der Waals surface area contributed by atoms with Crippen LogP contribution in [0.5, 0.6) is 0 Å². The van der Waals surface area contributed by atoms with Crippen molar-refractivity contribution in [1.29, 1.82) is 0 Å². The van der Waals surface area contributed by atoms with Gasteiger partial charge >= 0.3 is 0 Å². The summed E-state index contributed by atoms with van der Waals surface area (Å²) in [5, 5.41) is 7.62. The molecular weight excluding hydrogens is 422 g/mol. The molecule has 6 nitrogen and oxygen atoms in total. The molecule has 170 valence electrons. The molecule has 2 heterocycles. The van der Waals surface area contributed by atoms with Gasteiger partial charge in [-0.15, -0.1) is 0 Å². The Bertz CT molecular complexity index is 942. The lowest BCUT2D eigenvalue weighted by Crippen LogP contribution is -2.53. The fourth-order valence-corrected chi connectivity index (χ4v) is 4.99. The van der Waals surface area contributed by atoms with E-state index in [9.17, 15) is 4.79 Å². The summed E-state index contributed by atoms with van der Waals surface area (Å²) in [6.45, 7) is 7.60. The van der Waals surface area contributed by atoms with Crippen LogP contribution in [0.2, 0.25) is 5.02 Å². The number of benzene rings is 1. The topological polar surface area (TPSA) is 60.0 Å². The van der Waals surface area contributed by atoms with Crippen LogP contribution in [0.3, 0.4) is 0 Å². The molecule has 1 saturated heterocycles. The first-order valence-corrected chi connectivity index (χ1v) is 12.2. The van der Waals surface area contributed by atoms with Crippen LogP contribution in [0.25, 0.3) is 0 Å². The van der Waals surface area contributed by atoms with Gasteiger partial charge < -0.3 is 20.4 Å². The predicted octanol–water partition coefficient (Wildman–Crippen LogP) is 2.99. The molecule has 2 N–H and O–H groups in total. The number of hydrogen-bond donors (Lipinski definition) is 2. The summed E-state index contributed by atoms with van der Waals surface area (Å²) in [5.41, 5.74) is 3.53. The van der Waals surface area contributed by atoms with Crippen LogP contribution in [0.4, 0.5) is 0 Å². The van der Waals surface area contributed by atoms with E-state index in [2.05, 4.69) is 34.6 Å². The first-order valence-electron chi connectivity index (χ1n) is 11.8. The maximum Gasteiger partial charge on any atom is 0.231 e. The summed E-state index contributed by atoms with van der Waals surface area (Å²) in [4.78, 5) is 22.7. The smallest absolute Gasteiger partial charge is 0.231 e. The lowest BCUT2D eigenvalue weighted by atomic mass is 9.96. The highest BCUT2D eigenvalue weighted by Crippen LogP contribution is 2.30. The lowest BCUT2D eigenvalue weighted by molar-refractivity contribution is -0.134. The van der Waals surface area contributed by atoms with Gasteiger partial charge in [-0.25, -0.2) is 4.99 Å². The van der Waals surface area contributed by atoms with Crippen molar-refractivity contribution in [3.8, 4) is 0 Å². The van der Waals surface area contributed by atoms with E-state index in [1.807, 2.05) is 29.2 Å². The fraction of sp³-hybridized carbons (Fsp3) is 0.520. The summed E-state index contributed by atoms with van der Waals surface area (Å²) in [6.07, 6.45) is 7.00. The first-order chi connectivity index (χ1) is 15.6. The number of nitrogens with one attached hydrogen (secondary N) is 2. The molecule has 0 radical (unpaired) electrons. The standard InChI is InChI=1S/C25H32ClN5O/c1-17-2-9-22-23(17)24(29-16-28-22)30-10-12-31(13-11-30)25(32)21(15-27-14-18-3-4-18)19-5-7-20(26)8-6-19/h2,5-9,17-18,21,27-28H,3-4,10-16H2,1H3. The van der Waals surface area contributed by atoms with Crippen molar-refractivity contribution in [2.24, 2.45) is 16.8 Å². The van der Waals surface area contributed by atoms with Crippen molar-refractivity contribution >= 4 is 23.3 Å². The summed E-state index contributed by atoms with van der Waals surface area (Å²) in [6, 6.07) is 7.75. The predicted molar refractivity (Wildman–Crippen MR) is 129 cm³/mol. The van der Waals surface area contributed by atoms with Gasteiger partial charge in [0.25, 0.3) is 0 Å². The highest BCUT2D eigenvalue weighted by atomic mass is 35.5. The van der Waals surface area contributed by atoms with Crippen LogP contribution in [0.15, 0.2) is 52.7 Å². The van der Waals surface area contributed by atoms with E-state index in [0.717, 1.165) is 50.0 Å². The maximum atomic E-state index is 13.6. The molecule has 0 bridgehead atoms. The molecule has 2 aliphatic carbocycles. The Hall–Kier alpha value is -2.31. The van der Waals surface area contributed by atoms with Gasteiger partial charge in [-0.2, -0.15) is 0 Å². The van der Waals surface area contributed by atoms with Crippen molar-refractivity contribution in [1.82, 2.24) is 20.4 Å². The van der Waals surface area contributed by atoms with E-state index < -0.39 is 0 Å². The number of rotatable bonds is 6. The number of allylic oxidation sites excluding steroid dienone is 2. The van der Waals surface area contributed by atoms with Crippen molar-refractivity contribution < 1.29 is 4.79 Å². The van der Waals surface area contributed by atoms with Crippen LogP contribution in [0, 0.1) is 11.8 Å². The summed E-state index contributed by atoms with van der Waals surface area (Å²) in [7, 11) is 0. The molecule has 0 spiro atoms. The van der Waals surface area contributed by atoms with Crippen LogP contribution < -0.4 is 10.6 Å². The van der Waals surface area contributed by atoms with Crippen molar-refractivity contribution in [2.45, 2.75) is 25.7 Å². The van der Waals surface area contributed by atoms with Gasteiger partial charge in [-0.3, -0.25) is 4.79 Å². The number of hydrogen-bond acceptors (Lipinski definition) is 5. The van der Waals surface area contributed by atoms with E-state index in [1.54, 1.807) is 0 Å². The third-order valence-corrected chi connectivity index (χ3v) is 7.23. The zero-order chi connectivity index (χ0) is 22.1. The highest BCUT2D eigenvalue weighted by molar-refractivity contribution is 6.30. The lowest BCUT2D eigenvalue weighted by Gasteiger charge is -2.39. The molecule has 4 aliphatic rings. The van der Waals surface area contributed by atoms with Gasteiger partial charge in [0.05, 0.1) is 5.92 Å². The molecule has 1 amide bonds. The van der Waals surface area contributed by atoms with E-state index in [1.165, 1.54) is 24.1 Å².